The predicted molar refractivity (Wildman–Crippen MR) is 80.7 cm³/mol. The number of hydrogen-bond acceptors (Lipinski definition) is 3. The number of aromatic hydroxyl groups is 1. The molecule has 0 spiro atoms. The average molecular weight is 276 g/mol. The molecule has 0 aliphatic heterocycles. The average Bonchev–Trinajstić information content (AvgIpc) is 2.39. The Morgan fingerprint density at radius 2 is 2.30 bits per heavy atom. The first-order valence-corrected chi connectivity index (χ1v) is 7.36. The Kier molecular flexibility index (Phi) is 4.33. The highest BCUT2D eigenvalue weighted by atomic mass is 16.3. The molecular formula is C16H24N2O2. The SMILES string of the molecule is CCN(C(=O)C1(N)CCCC(C)C1)c1cccc(O)c1. The minimum Gasteiger partial charge on any atom is -0.508 e. The Morgan fingerprint density at radius 1 is 1.55 bits per heavy atom. The number of carbonyl (C=O) groups is 1. The van der Waals surface area contributed by atoms with Crippen molar-refractivity contribution in [3.05, 3.63) is 24.3 Å². The van der Waals surface area contributed by atoms with Crippen molar-refractivity contribution in [3.8, 4) is 5.75 Å². The fraction of sp³-hybridized carbons (Fsp3) is 0.562. The van der Waals surface area contributed by atoms with E-state index in [-0.39, 0.29) is 11.7 Å². The molecule has 4 nitrogen and oxygen atoms in total. The highest BCUT2D eigenvalue weighted by Gasteiger charge is 2.40. The van der Waals surface area contributed by atoms with Crippen LogP contribution in [0.4, 0.5) is 5.69 Å². The summed E-state index contributed by atoms with van der Waals surface area (Å²) in [5.41, 5.74) is 6.34. The molecule has 0 saturated heterocycles. The van der Waals surface area contributed by atoms with Crippen molar-refractivity contribution < 1.29 is 9.90 Å². The van der Waals surface area contributed by atoms with Crippen LogP contribution in [0.3, 0.4) is 0 Å². The molecule has 1 fully saturated rings. The third-order valence-corrected chi connectivity index (χ3v) is 4.16. The maximum absolute atomic E-state index is 12.8. The lowest BCUT2D eigenvalue weighted by molar-refractivity contribution is -0.125. The van der Waals surface area contributed by atoms with Crippen LogP contribution in [0.2, 0.25) is 0 Å². The molecule has 0 bridgehead atoms. The molecule has 4 heteroatoms. The summed E-state index contributed by atoms with van der Waals surface area (Å²) in [7, 11) is 0. The fourth-order valence-corrected chi connectivity index (χ4v) is 3.16. The van der Waals surface area contributed by atoms with Gasteiger partial charge in [-0.25, -0.2) is 0 Å². The number of anilines is 1. The van der Waals surface area contributed by atoms with Crippen LogP contribution in [0, 0.1) is 5.92 Å². The van der Waals surface area contributed by atoms with Gasteiger partial charge in [-0.15, -0.1) is 0 Å². The Morgan fingerprint density at radius 3 is 2.90 bits per heavy atom. The van der Waals surface area contributed by atoms with Crippen molar-refractivity contribution in [1.29, 1.82) is 0 Å². The van der Waals surface area contributed by atoms with Gasteiger partial charge in [0.25, 0.3) is 0 Å². The number of phenols is 1. The number of nitrogens with two attached hydrogens (primary N) is 1. The van der Waals surface area contributed by atoms with Crippen LogP contribution in [-0.2, 0) is 4.79 Å². The van der Waals surface area contributed by atoms with Gasteiger partial charge in [-0.05, 0) is 37.8 Å². The lowest BCUT2D eigenvalue weighted by atomic mass is 9.76. The molecule has 0 radical (unpaired) electrons. The van der Waals surface area contributed by atoms with Gasteiger partial charge in [-0.1, -0.05) is 25.8 Å². The summed E-state index contributed by atoms with van der Waals surface area (Å²) >= 11 is 0. The van der Waals surface area contributed by atoms with E-state index in [1.165, 1.54) is 0 Å². The molecule has 0 aromatic heterocycles. The molecule has 1 aliphatic carbocycles. The summed E-state index contributed by atoms with van der Waals surface area (Å²) in [4.78, 5) is 14.5. The number of hydrogen-bond donors (Lipinski definition) is 2. The van der Waals surface area contributed by atoms with E-state index in [0.29, 0.717) is 18.2 Å². The van der Waals surface area contributed by atoms with Gasteiger partial charge in [0.1, 0.15) is 5.75 Å². The second-order valence-electron chi connectivity index (χ2n) is 5.93. The third kappa shape index (κ3) is 2.96. The van der Waals surface area contributed by atoms with Crippen LogP contribution in [-0.4, -0.2) is 23.1 Å². The zero-order valence-electron chi connectivity index (χ0n) is 12.3. The number of benzene rings is 1. The number of nitrogens with zero attached hydrogens (tertiary/aromatic N) is 1. The van der Waals surface area contributed by atoms with Crippen molar-refractivity contribution in [3.63, 3.8) is 0 Å². The molecule has 110 valence electrons. The van der Waals surface area contributed by atoms with Crippen molar-refractivity contribution in [2.75, 3.05) is 11.4 Å². The van der Waals surface area contributed by atoms with Gasteiger partial charge in [0.2, 0.25) is 5.91 Å². The number of amides is 1. The van der Waals surface area contributed by atoms with Crippen molar-refractivity contribution in [1.82, 2.24) is 0 Å². The second-order valence-corrected chi connectivity index (χ2v) is 5.93. The normalized spacial score (nSPS) is 26.2. The zero-order valence-corrected chi connectivity index (χ0v) is 12.3. The zero-order chi connectivity index (χ0) is 14.8. The van der Waals surface area contributed by atoms with Gasteiger partial charge in [-0.3, -0.25) is 4.79 Å². The molecule has 20 heavy (non-hydrogen) atoms. The summed E-state index contributed by atoms with van der Waals surface area (Å²) in [5, 5.41) is 9.59. The number of likely N-dealkylation sites (N-methyl/N-ethyl adjacent to an activating group) is 1. The molecule has 1 saturated carbocycles. The van der Waals surface area contributed by atoms with Crippen molar-refractivity contribution in [2.24, 2.45) is 11.7 Å². The highest BCUT2D eigenvalue weighted by molar-refractivity contribution is 6.00. The molecule has 1 aromatic rings. The van der Waals surface area contributed by atoms with E-state index < -0.39 is 5.54 Å². The van der Waals surface area contributed by atoms with Gasteiger partial charge in [0.05, 0.1) is 5.54 Å². The fourth-order valence-electron chi connectivity index (χ4n) is 3.16. The van der Waals surface area contributed by atoms with Gasteiger partial charge in [-0.2, -0.15) is 0 Å². The lowest BCUT2D eigenvalue weighted by Gasteiger charge is -2.39. The standard InChI is InChI=1S/C16H24N2O2/c1-3-18(13-7-4-8-14(19)10-13)15(20)16(17)9-5-6-12(2)11-16/h4,7-8,10,12,19H,3,5-6,9,11,17H2,1-2H3. The Labute approximate surface area is 120 Å². The van der Waals surface area contributed by atoms with Gasteiger partial charge < -0.3 is 15.7 Å². The molecule has 1 aromatic carbocycles. The summed E-state index contributed by atoms with van der Waals surface area (Å²) in [5.74, 6) is 0.620. The molecule has 0 heterocycles. The maximum Gasteiger partial charge on any atom is 0.247 e. The Bertz CT molecular complexity index is 489. The first kappa shape index (κ1) is 14.9. The van der Waals surface area contributed by atoms with Crippen LogP contribution in [0.25, 0.3) is 0 Å². The maximum atomic E-state index is 12.8. The third-order valence-electron chi connectivity index (χ3n) is 4.16. The number of rotatable bonds is 3. The monoisotopic (exact) mass is 276 g/mol. The minimum atomic E-state index is -0.765. The van der Waals surface area contributed by atoms with Crippen LogP contribution >= 0.6 is 0 Å². The van der Waals surface area contributed by atoms with E-state index in [4.69, 9.17) is 5.73 Å². The summed E-state index contributed by atoms with van der Waals surface area (Å²) < 4.78 is 0. The van der Waals surface area contributed by atoms with Crippen LogP contribution in [0.15, 0.2) is 24.3 Å². The van der Waals surface area contributed by atoms with Gasteiger partial charge >= 0.3 is 0 Å². The summed E-state index contributed by atoms with van der Waals surface area (Å²) in [6.07, 6.45) is 3.62. The van der Waals surface area contributed by atoms with Crippen molar-refractivity contribution in [2.45, 2.75) is 45.1 Å². The summed E-state index contributed by atoms with van der Waals surface area (Å²) in [6.45, 7) is 4.63. The largest absolute Gasteiger partial charge is 0.508 e. The van der Waals surface area contributed by atoms with Crippen LogP contribution in [0.5, 0.6) is 5.75 Å². The Hall–Kier alpha value is -1.55. The molecule has 2 unspecified atom stereocenters. The molecule has 2 atom stereocenters. The van der Waals surface area contributed by atoms with E-state index >= 15 is 0 Å². The molecule has 2 rings (SSSR count). The quantitative estimate of drug-likeness (QED) is 0.892. The minimum absolute atomic E-state index is 0.0304. The first-order valence-electron chi connectivity index (χ1n) is 7.36. The lowest BCUT2D eigenvalue weighted by Crippen LogP contribution is -2.57. The van der Waals surface area contributed by atoms with E-state index in [2.05, 4.69) is 6.92 Å². The summed E-state index contributed by atoms with van der Waals surface area (Å²) in [6, 6.07) is 6.78. The molecule has 1 amide bonds. The van der Waals surface area contributed by atoms with E-state index in [9.17, 15) is 9.90 Å². The molecule has 1 aliphatic rings. The van der Waals surface area contributed by atoms with Gasteiger partial charge in [0.15, 0.2) is 0 Å². The van der Waals surface area contributed by atoms with Crippen LogP contribution < -0.4 is 10.6 Å². The second kappa shape index (κ2) is 5.83. The highest BCUT2D eigenvalue weighted by Crippen LogP contribution is 2.33. The van der Waals surface area contributed by atoms with Crippen molar-refractivity contribution >= 4 is 11.6 Å². The number of phenolic OH excluding ortho intramolecular Hbond substituents is 1. The number of carbonyl (C=O) groups excluding carboxylic acids is 1. The first-order chi connectivity index (χ1) is 9.46. The Balaban J connectivity index is 2.25. The van der Waals surface area contributed by atoms with Gasteiger partial charge in [0, 0.05) is 18.3 Å². The van der Waals surface area contributed by atoms with Crippen LogP contribution in [0.1, 0.15) is 39.5 Å². The predicted octanol–water partition coefficient (Wildman–Crippen LogP) is 2.65. The van der Waals surface area contributed by atoms with E-state index in [1.807, 2.05) is 13.0 Å². The van der Waals surface area contributed by atoms with E-state index in [0.717, 1.165) is 25.7 Å². The van der Waals surface area contributed by atoms with E-state index in [1.54, 1.807) is 23.1 Å². The molecular weight excluding hydrogens is 252 g/mol. The topological polar surface area (TPSA) is 66.6 Å². The molecule has 3 N–H and O–H groups in total. The smallest absolute Gasteiger partial charge is 0.247 e.